The third-order valence-corrected chi connectivity index (χ3v) is 5.25. The molecule has 0 spiro atoms. The van der Waals surface area contributed by atoms with Crippen LogP contribution in [0, 0.1) is 20.8 Å². The Morgan fingerprint density at radius 2 is 1.70 bits per heavy atom. The Balaban J connectivity index is 1.92. The Kier molecular flexibility index (Phi) is 7.28. The lowest BCUT2D eigenvalue weighted by molar-refractivity contribution is -0.133. The van der Waals surface area contributed by atoms with Gasteiger partial charge in [0.25, 0.3) is 0 Å². The molecule has 0 aliphatic rings. The first-order valence-corrected chi connectivity index (χ1v) is 9.49. The molecule has 2 aromatic rings. The van der Waals surface area contributed by atoms with Crippen LogP contribution in [-0.4, -0.2) is 30.3 Å². The number of carbonyl (C=O) groups excluding carboxylic acids is 2. The van der Waals surface area contributed by atoms with E-state index in [0.717, 1.165) is 27.9 Å². The van der Waals surface area contributed by atoms with Crippen molar-refractivity contribution in [2.24, 2.45) is 0 Å². The number of nitrogens with one attached hydrogen (secondary N) is 1. The van der Waals surface area contributed by atoms with Crippen molar-refractivity contribution in [1.29, 1.82) is 0 Å². The minimum Gasteiger partial charge on any atom is -0.336 e. The van der Waals surface area contributed by atoms with Crippen LogP contribution in [0.2, 0.25) is 10.0 Å². The molecule has 4 nitrogen and oxygen atoms in total. The molecule has 6 heteroatoms. The average Bonchev–Trinajstić information content (AvgIpc) is 2.59. The molecular formula is C21H24Cl2N2O2. The monoisotopic (exact) mass is 406 g/mol. The van der Waals surface area contributed by atoms with E-state index in [2.05, 4.69) is 5.32 Å². The molecule has 27 heavy (non-hydrogen) atoms. The fourth-order valence-corrected chi connectivity index (χ4v) is 3.45. The van der Waals surface area contributed by atoms with Crippen LogP contribution in [0.15, 0.2) is 30.3 Å². The van der Waals surface area contributed by atoms with Crippen LogP contribution in [0.5, 0.6) is 0 Å². The van der Waals surface area contributed by atoms with Crippen molar-refractivity contribution in [3.63, 3.8) is 0 Å². The second-order valence-corrected chi connectivity index (χ2v) is 7.57. The van der Waals surface area contributed by atoms with Gasteiger partial charge in [0.2, 0.25) is 11.8 Å². The molecule has 0 aliphatic carbocycles. The standard InChI is InChI=1S/C21H24Cl2N2O2/c1-13-10-14(2)21(15(3)11-13)24-18(26)12-25(4)19(27)9-8-16-6-5-7-17(22)20(16)23/h5-7,10-11H,8-9,12H2,1-4H3,(H,24,26). The maximum atomic E-state index is 12.3. The lowest BCUT2D eigenvalue weighted by atomic mass is 10.1. The summed E-state index contributed by atoms with van der Waals surface area (Å²) in [5, 5.41) is 3.85. The van der Waals surface area contributed by atoms with Crippen LogP contribution >= 0.6 is 23.2 Å². The molecule has 0 aliphatic heterocycles. The second kappa shape index (κ2) is 9.25. The predicted octanol–water partition coefficient (Wildman–Crippen LogP) is 4.95. The van der Waals surface area contributed by atoms with E-state index >= 15 is 0 Å². The molecule has 0 saturated carbocycles. The zero-order valence-electron chi connectivity index (χ0n) is 16.0. The first-order chi connectivity index (χ1) is 12.7. The summed E-state index contributed by atoms with van der Waals surface area (Å²) in [5.74, 6) is -0.347. The molecule has 0 atom stereocenters. The molecule has 0 aromatic heterocycles. The Bertz CT molecular complexity index is 842. The van der Waals surface area contributed by atoms with Crippen molar-refractivity contribution >= 4 is 40.7 Å². The summed E-state index contributed by atoms with van der Waals surface area (Å²) in [6.07, 6.45) is 0.729. The van der Waals surface area contributed by atoms with Gasteiger partial charge in [-0.25, -0.2) is 0 Å². The Morgan fingerprint density at radius 1 is 1.07 bits per heavy atom. The fourth-order valence-electron chi connectivity index (χ4n) is 3.03. The summed E-state index contributed by atoms with van der Waals surface area (Å²) in [5.41, 5.74) is 4.78. The van der Waals surface area contributed by atoms with Crippen LogP contribution < -0.4 is 5.32 Å². The maximum absolute atomic E-state index is 12.3. The first-order valence-electron chi connectivity index (χ1n) is 8.73. The molecule has 2 amide bonds. The van der Waals surface area contributed by atoms with Crippen LogP contribution in [-0.2, 0) is 16.0 Å². The van der Waals surface area contributed by atoms with Gasteiger partial charge in [0.1, 0.15) is 0 Å². The molecule has 0 saturated heterocycles. The van der Waals surface area contributed by atoms with Crippen LogP contribution in [0.25, 0.3) is 0 Å². The van der Waals surface area contributed by atoms with Gasteiger partial charge in [-0.15, -0.1) is 0 Å². The van der Waals surface area contributed by atoms with E-state index in [1.807, 2.05) is 39.0 Å². The highest BCUT2D eigenvalue weighted by Gasteiger charge is 2.15. The van der Waals surface area contributed by atoms with Crippen molar-refractivity contribution in [2.45, 2.75) is 33.6 Å². The molecule has 2 aromatic carbocycles. The van der Waals surface area contributed by atoms with Gasteiger partial charge in [-0.1, -0.05) is 53.0 Å². The molecular weight excluding hydrogens is 383 g/mol. The summed E-state index contributed by atoms with van der Waals surface area (Å²) in [6.45, 7) is 5.93. The third-order valence-electron chi connectivity index (χ3n) is 4.39. The fraction of sp³-hybridized carbons (Fsp3) is 0.333. The van der Waals surface area contributed by atoms with Gasteiger partial charge in [0.15, 0.2) is 0 Å². The van der Waals surface area contributed by atoms with Crippen LogP contribution in [0.4, 0.5) is 5.69 Å². The second-order valence-electron chi connectivity index (χ2n) is 6.78. The topological polar surface area (TPSA) is 49.4 Å². The van der Waals surface area contributed by atoms with E-state index in [9.17, 15) is 9.59 Å². The predicted molar refractivity (Wildman–Crippen MR) is 112 cm³/mol. The molecule has 0 radical (unpaired) electrons. The van der Waals surface area contributed by atoms with E-state index < -0.39 is 0 Å². The number of anilines is 1. The van der Waals surface area contributed by atoms with Crippen molar-refractivity contribution < 1.29 is 9.59 Å². The van der Waals surface area contributed by atoms with Gasteiger partial charge in [0, 0.05) is 19.2 Å². The number of hydrogen-bond acceptors (Lipinski definition) is 2. The van der Waals surface area contributed by atoms with Gasteiger partial charge in [0.05, 0.1) is 16.6 Å². The smallest absolute Gasteiger partial charge is 0.243 e. The average molecular weight is 407 g/mol. The SMILES string of the molecule is Cc1cc(C)c(NC(=O)CN(C)C(=O)CCc2cccc(Cl)c2Cl)c(C)c1. The zero-order valence-corrected chi connectivity index (χ0v) is 17.5. The number of hydrogen-bond donors (Lipinski definition) is 1. The molecule has 1 N–H and O–H groups in total. The number of halogens is 2. The number of rotatable bonds is 6. The number of nitrogens with zero attached hydrogens (tertiary/aromatic N) is 1. The van der Waals surface area contributed by atoms with E-state index in [4.69, 9.17) is 23.2 Å². The van der Waals surface area contributed by atoms with E-state index in [-0.39, 0.29) is 24.8 Å². The van der Waals surface area contributed by atoms with E-state index in [1.165, 1.54) is 4.90 Å². The van der Waals surface area contributed by atoms with Crippen molar-refractivity contribution in [3.8, 4) is 0 Å². The molecule has 0 bridgehead atoms. The molecule has 2 rings (SSSR count). The summed E-state index contributed by atoms with van der Waals surface area (Å²) in [6, 6.07) is 9.40. The van der Waals surface area contributed by atoms with Gasteiger partial charge >= 0.3 is 0 Å². The lowest BCUT2D eigenvalue weighted by Gasteiger charge is -2.18. The van der Waals surface area contributed by atoms with E-state index in [0.29, 0.717) is 16.5 Å². The van der Waals surface area contributed by atoms with E-state index in [1.54, 1.807) is 19.2 Å². The summed E-state index contributed by atoms with van der Waals surface area (Å²) >= 11 is 12.1. The molecule has 0 heterocycles. The zero-order chi connectivity index (χ0) is 20.1. The van der Waals surface area contributed by atoms with Gasteiger partial charge in [-0.3, -0.25) is 9.59 Å². The normalized spacial score (nSPS) is 10.6. The van der Waals surface area contributed by atoms with Gasteiger partial charge in [-0.2, -0.15) is 0 Å². The molecule has 144 valence electrons. The third kappa shape index (κ3) is 5.72. The number of amides is 2. The van der Waals surface area contributed by atoms with Crippen molar-refractivity contribution in [3.05, 3.63) is 62.6 Å². The molecule has 0 unspecified atom stereocenters. The minimum atomic E-state index is -0.221. The van der Waals surface area contributed by atoms with Crippen molar-refractivity contribution in [2.75, 3.05) is 18.9 Å². The Labute approximate surface area is 170 Å². The largest absolute Gasteiger partial charge is 0.336 e. The Hall–Kier alpha value is -2.04. The van der Waals surface area contributed by atoms with Crippen LogP contribution in [0.3, 0.4) is 0 Å². The highest BCUT2D eigenvalue weighted by atomic mass is 35.5. The number of carbonyl (C=O) groups is 2. The highest BCUT2D eigenvalue weighted by molar-refractivity contribution is 6.42. The quantitative estimate of drug-likeness (QED) is 0.737. The van der Waals surface area contributed by atoms with Gasteiger partial charge < -0.3 is 10.2 Å². The summed E-state index contributed by atoms with van der Waals surface area (Å²) < 4.78 is 0. The number of benzene rings is 2. The lowest BCUT2D eigenvalue weighted by Crippen LogP contribution is -2.35. The molecule has 0 fully saturated rings. The first kappa shape index (κ1) is 21.3. The Morgan fingerprint density at radius 3 is 2.33 bits per heavy atom. The number of likely N-dealkylation sites (N-methyl/N-ethyl adjacent to an activating group) is 1. The maximum Gasteiger partial charge on any atom is 0.243 e. The summed E-state index contributed by atoms with van der Waals surface area (Å²) in [7, 11) is 1.62. The number of aryl methyl sites for hydroxylation is 4. The summed E-state index contributed by atoms with van der Waals surface area (Å²) in [4.78, 5) is 26.1. The van der Waals surface area contributed by atoms with Crippen molar-refractivity contribution in [1.82, 2.24) is 4.90 Å². The highest BCUT2D eigenvalue weighted by Crippen LogP contribution is 2.26. The minimum absolute atomic E-state index is 0.00509. The van der Waals surface area contributed by atoms with Gasteiger partial charge in [-0.05, 0) is 49.9 Å². The van der Waals surface area contributed by atoms with Crippen LogP contribution in [0.1, 0.15) is 28.7 Å².